The van der Waals surface area contributed by atoms with Crippen LogP contribution in [0.1, 0.15) is 23.8 Å². The first-order chi connectivity index (χ1) is 6.79. The van der Waals surface area contributed by atoms with Gasteiger partial charge in [-0.1, -0.05) is 6.07 Å². The summed E-state index contributed by atoms with van der Waals surface area (Å²) < 4.78 is 5.65. The lowest BCUT2D eigenvalue weighted by Gasteiger charge is -2.31. The number of aliphatic hydroxyl groups excluding tert-OH is 2. The fraction of sp³-hybridized carbons (Fsp3) is 0.600. The Balaban J connectivity index is 2.05. The van der Waals surface area contributed by atoms with Crippen molar-refractivity contribution in [2.24, 2.45) is 0 Å². The number of rotatable bonds is 2. The second kappa shape index (κ2) is 4.40. The average Bonchev–Trinajstić information content (AvgIpc) is 2.69. The Morgan fingerprint density at radius 3 is 3.00 bits per heavy atom. The summed E-state index contributed by atoms with van der Waals surface area (Å²) >= 11 is 1.63. The van der Waals surface area contributed by atoms with Gasteiger partial charge in [-0.15, -0.1) is 11.3 Å². The normalized spacial score (nSPS) is 33.1. The van der Waals surface area contributed by atoms with Gasteiger partial charge in [-0.2, -0.15) is 0 Å². The van der Waals surface area contributed by atoms with Crippen LogP contribution in [-0.2, 0) is 4.74 Å². The average molecular weight is 214 g/mol. The molecule has 4 heteroatoms. The van der Waals surface area contributed by atoms with Crippen LogP contribution in [0.3, 0.4) is 0 Å². The number of thiophene rings is 1. The van der Waals surface area contributed by atoms with Gasteiger partial charge in [0.2, 0.25) is 0 Å². The Morgan fingerprint density at radius 1 is 1.50 bits per heavy atom. The molecule has 78 valence electrons. The van der Waals surface area contributed by atoms with Gasteiger partial charge >= 0.3 is 0 Å². The number of aliphatic hydroxyl groups is 2. The number of hydrogen-bond acceptors (Lipinski definition) is 4. The van der Waals surface area contributed by atoms with Gasteiger partial charge in [0.05, 0.1) is 24.9 Å². The van der Waals surface area contributed by atoms with Gasteiger partial charge in [-0.05, 0) is 11.4 Å². The van der Waals surface area contributed by atoms with E-state index in [9.17, 15) is 5.11 Å². The van der Waals surface area contributed by atoms with Gasteiger partial charge in [0.25, 0.3) is 0 Å². The molecule has 2 heterocycles. The van der Waals surface area contributed by atoms with Crippen LogP contribution >= 0.6 is 11.3 Å². The van der Waals surface area contributed by atoms with Crippen molar-refractivity contribution in [3.05, 3.63) is 22.4 Å². The van der Waals surface area contributed by atoms with Crippen LogP contribution in [0.4, 0.5) is 0 Å². The zero-order chi connectivity index (χ0) is 9.97. The maximum atomic E-state index is 9.59. The van der Waals surface area contributed by atoms with Gasteiger partial charge in [-0.25, -0.2) is 0 Å². The maximum absolute atomic E-state index is 9.59. The molecule has 0 spiro atoms. The molecule has 1 fully saturated rings. The van der Waals surface area contributed by atoms with Crippen molar-refractivity contribution in [2.75, 3.05) is 6.61 Å². The maximum Gasteiger partial charge on any atom is 0.0946 e. The van der Waals surface area contributed by atoms with Crippen molar-refractivity contribution in [2.45, 2.75) is 31.2 Å². The minimum absolute atomic E-state index is 0.0149. The van der Waals surface area contributed by atoms with E-state index in [1.807, 2.05) is 17.5 Å². The summed E-state index contributed by atoms with van der Waals surface area (Å²) in [6.45, 7) is -0.0149. The lowest BCUT2D eigenvalue weighted by atomic mass is 10.0. The molecule has 1 aliphatic rings. The lowest BCUT2D eigenvalue weighted by Crippen LogP contribution is -2.33. The van der Waals surface area contributed by atoms with Crippen LogP contribution in [0.25, 0.3) is 0 Å². The lowest BCUT2D eigenvalue weighted by molar-refractivity contribution is -0.112. The molecular weight excluding hydrogens is 200 g/mol. The topological polar surface area (TPSA) is 49.7 Å². The smallest absolute Gasteiger partial charge is 0.0946 e. The summed E-state index contributed by atoms with van der Waals surface area (Å²) in [7, 11) is 0. The fourth-order valence-electron chi connectivity index (χ4n) is 1.77. The summed E-state index contributed by atoms with van der Waals surface area (Å²) in [4.78, 5) is 1.13. The molecule has 1 aliphatic heterocycles. The van der Waals surface area contributed by atoms with Crippen molar-refractivity contribution in [1.82, 2.24) is 0 Å². The monoisotopic (exact) mass is 214 g/mol. The van der Waals surface area contributed by atoms with Crippen molar-refractivity contribution in [1.29, 1.82) is 0 Å². The van der Waals surface area contributed by atoms with Gasteiger partial charge in [0.15, 0.2) is 0 Å². The summed E-state index contributed by atoms with van der Waals surface area (Å²) in [5.41, 5.74) is 0. The molecule has 0 saturated carbocycles. The summed E-state index contributed by atoms with van der Waals surface area (Å²) in [6.07, 6.45) is 0.560. The third-order valence-corrected chi connectivity index (χ3v) is 3.41. The summed E-state index contributed by atoms with van der Waals surface area (Å²) in [5, 5.41) is 20.6. The predicted octanol–water partition coefficient (Wildman–Crippen LogP) is 1.32. The highest BCUT2D eigenvalue weighted by Crippen LogP contribution is 2.33. The van der Waals surface area contributed by atoms with E-state index < -0.39 is 0 Å². The van der Waals surface area contributed by atoms with Crippen LogP contribution in [-0.4, -0.2) is 29.0 Å². The standard InChI is InChI=1S/C10H14O3S/c11-6-8-4-7(12)5-9(13-8)10-2-1-3-14-10/h1-3,7-9,11-12H,4-6H2. The molecule has 2 rings (SSSR count). The number of ether oxygens (including phenoxy) is 1. The molecular formula is C10H14O3S. The van der Waals surface area contributed by atoms with E-state index in [2.05, 4.69) is 0 Å². The van der Waals surface area contributed by atoms with Gasteiger partial charge in [0.1, 0.15) is 0 Å². The third kappa shape index (κ3) is 2.15. The molecule has 1 aromatic rings. The van der Waals surface area contributed by atoms with Crippen molar-refractivity contribution in [3.8, 4) is 0 Å². The molecule has 1 aromatic heterocycles. The van der Waals surface area contributed by atoms with Gasteiger partial charge < -0.3 is 14.9 Å². The largest absolute Gasteiger partial charge is 0.394 e. The Hall–Kier alpha value is -0.420. The van der Waals surface area contributed by atoms with E-state index in [1.54, 1.807) is 11.3 Å². The Kier molecular flexibility index (Phi) is 3.18. The van der Waals surface area contributed by atoms with Gasteiger partial charge in [0, 0.05) is 17.7 Å². The molecule has 14 heavy (non-hydrogen) atoms. The van der Waals surface area contributed by atoms with Crippen LogP contribution in [0.15, 0.2) is 17.5 Å². The van der Waals surface area contributed by atoms with Crippen LogP contribution < -0.4 is 0 Å². The SMILES string of the molecule is OCC1CC(O)CC(c2cccs2)O1. The van der Waals surface area contributed by atoms with E-state index in [1.165, 1.54) is 0 Å². The Labute approximate surface area is 87.0 Å². The van der Waals surface area contributed by atoms with E-state index in [4.69, 9.17) is 9.84 Å². The highest BCUT2D eigenvalue weighted by Gasteiger charge is 2.29. The number of hydrogen-bond donors (Lipinski definition) is 2. The first-order valence-electron chi connectivity index (χ1n) is 4.77. The summed E-state index contributed by atoms with van der Waals surface area (Å²) in [6, 6.07) is 3.97. The minimum Gasteiger partial charge on any atom is -0.394 e. The van der Waals surface area contributed by atoms with Crippen molar-refractivity contribution < 1.29 is 14.9 Å². The van der Waals surface area contributed by atoms with E-state index in [0.29, 0.717) is 12.8 Å². The Bertz CT molecular complexity index is 273. The Morgan fingerprint density at radius 2 is 2.36 bits per heavy atom. The molecule has 1 saturated heterocycles. The second-order valence-corrected chi connectivity index (χ2v) is 4.55. The van der Waals surface area contributed by atoms with Crippen LogP contribution in [0, 0.1) is 0 Å². The highest BCUT2D eigenvalue weighted by atomic mass is 32.1. The first kappa shape index (κ1) is 10.1. The minimum atomic E-state index is -0.354. The summed E-state index contributed by atoms with van der Waals surface area (Å²) in [5.74, 6) is 0. The molecule has 2 N–H and O–H groups in total. The van der Waals surface area contributed by atoms with Crippen LogP contribution in [0.5, 0.6) is 0 Å². The second-order valence-electron chi connectivity index (χ2n) is 3.57. The molecule has 0 amide bonds. The predicted molar refractivity (Wildman–Crippen MR) is 54.3 cm³/mol. The molecule has 0 radical (unpaired) electrons. The molecule has 0 aromatic carbocycles. The molecule has 3 unspecified atom stereocenters. The molecule has 0 aliphatic carbocycles. The van der Waals surface area contributed by atoms with E-state index in [0.717, 1.165) is 4.88 Å². The van der Waals surface area contributed by atoms with Crippen LogP contribution in [0.2, 0.25) is 0 Å². The first-order valence-corrected chi connectivity index (χ1v) is 5.65. The van der Waals surface area contributed by atoms with Crippen molar-refractivity contribution in [3.63, 3.8) is 0 Å². The van der Waals surface area contributed by atoms with E-state index in [-0.39, 0.29) is 24.9 Å². The zero-order valence-electron chi connectivity index (χ0n) is 7.80. The quantitative estimate of drug-likeness (QED) is 0.780. The zero-order valence-corrected chi connectivity index (χ0v) is 8.61. The van der Waals surface area contributed by atoms with Gasteiger partial charge in [-0.3, -0.25) is 0 Å². The molecule has 0 bridgehead atoms. The highest BCUT2D eigenvalue weighted by molar-refractivity contribution is 7.10. The molecule has 3 atom stereocenters. The van der Waals surface area contributed by atoms with E-state index >= 15 is 0 Å². The fourth-order valence-corrected chi connectivity index (χ4v) is 2.54. The van der Waals surface area contributed by atoms with Crippen molar-refractivity contribution >= 4 is 11.3 Å². The third-order valence-electron chi connectivity index (χ3n) is 2.44. The molecule has 3 nitrogen and oxygen atoms in total.